The van der Waals surface area contributed by atoms with Crippen LogP contribution < -0.4 is 4.90 Å². The van der Waals surface area contributed by atoms with Crippen LogP contribution in [0.4, 0.5) is 10.2 Å². The molecule has 0 N–H and O–H groups in total. The highest BCUT2D eigenvalue weighted by molar-refractivity contribution is 5.93. The summed E-state index contributed by atoms with van der Waals surface area (Å²) in [6.45, 7) is 0.916. The van der Waals surface area contributed by atoms with Crippen LogP contribution in [0.3, 0.4) is 0 Å². The largest absolute Gasteiger partial charge is 0.353 e. The monoisotopic (exact) mass is 270 g/mol. The van der Waals surface area contributed by atoms with Gasteiger partial charge in [0.15, 0.2) is 6.29 Å². The Balaban J connectivity index is 2.06. The minimum atomic E-state index is -0.836. The maximum Gasteiger partial charge on any atom is 0.154 e. The molecule has 4 heteroatoms. The summed E-state index contributed by atoms with van der Waals surface area (Å²) >= 11 is 0. The molecule has 1 atom stereocenters. The van der Waals surface area contributed by atoms with Gasteiger partial charge in [0.2, 0.25) is 0 Å². The average Bonchev–Trinajstić information content (AvgIpc) is 2.93. The Bertz CT molecular complexity index is 615. The Labute approximate surface area is 117 Å². The third-order valence-electron chi connectivity index (χ3n) is 3.60. The number of pyridine rings is 1. The van der Waals surface area contributed by atoms with Crippen molar-refractivity contribution in [3.63, 3.8) is 0 Å². The molecule has 0 aliphatic carbocycles. The first-order valence-corrected chi connectivity index (χ1v) is 6.68. The summed E-state index contributed by atoms with van der Waals surface area (Å²) in [7, 11) is 0. The van der Waals surface area contributed by atoms with Gasteiger partial charge in [-0.25, -0.2) is 9.37 Å². The van der Waals surface area contributed by atoms with Gasteiger partial charge in [0.25, 0.3) is 0 Å². The average molecular weight is 270 g/mol. The third kappa shape index (κ3) is 2.29. The minimum Gasteiger partial charge on any atom is -0.353 e. The lowest BCUT2D eigenvalue weighted by molar-refractivity contribution is 0.112. The Morgan fingerprint density at radius 2 is 2.05 bits per heavy atom. The number of carbonyl (C=O) groups excluding carboxylic acids is 1. The Hall–Kier alpha value is -2.23. The molecule has 2 aromatic rings. The van der Waals surface area contributed by atoms with E-state index in [0.29, 0.717) is 30.9 Å². The van der Waals surface area contributed by atoms with Crippen molar-refractivity contribution in [2.24, 2.45) is 0 Å². The van der Waals surface area contributed by atoms with Crippen molar-refractivity contribution >= 4 is 12.1 Å². The molecule has 0 amide bonds. The molecule has 3 nitrogen and oxygen atoms in total. The first-order valence-electron chi connectivity index (χ1n) is 6.68. The highest BCUT2D eigenvalue weighted by Crippen LogP contribution is 2.30. The molecule has 20 heavy (non-hydrogen) atoms. The van der Waals surface area contributed by atoms with Crippen LogP contribution in [-0.2, 0) is 0 Å². The van der Waals surface area contributed by atoms with E-state index in [9.17, 15) is 9.18 Å². The molecule has 1 saturated heterocycles. The molecule has 1 aromatic carbocycles. The molecule has 1 aliphatic rings. The zero-order valence-electron chi connectivity index (χ0n) is 11.0. The number of rotatable bonds is 3. The fourth-order valence-corrected chi connectivity index (χ4v) is 2.61. The summed E-state index contributed by atoms with van der Waals surface area (Å²) in [6.07, 6.45) is 2.15. The molecule has 1 unspecified atom stereocenters. The molecule has 0 saturated carbocycles. The van der Waals surface area contributed by atoms with E-state index in [4.69, 9.17) is 0 Å². The van der Waals surface area contributed by atoms with E-state index in [2.05, 4.69) is 4.98 Å². The normalized spacial score (nSPS) is 18.2. The van der Waals surface area contributed by atoms with Crippen molar-refractivity contribution in [1.29, 1.82) is 0 Å². The Morgan fingerprint density at radius 3 is 2.70 bits per heavy atom. The number of carbonyl (C=O) groups is 1. The molecule has 3 rings (SSSR count). The number of hydrogen-bond donors (Lipinski definition) is 0. The smallest absolute Gasteiger partial charge is 0.154 e. The summed E-state index contributed by atoms with van der Waals surface area (Å²) in [5.74, 6) is 0.585. The quantitative estimate of drug-likeness (QED) is 0.803. The molecule has 1 fully saturated rings. The second-order valence-corrected chi connectivity index (χ2v) is 4.91. The highest BCUT2D eigenvalue weighted by Gasteiger charge is 2.25. The topological polar surface area (TPSA) is 33.2 Å². The number of nitrogens with zero attached hydrogens (tertiary/aromatic N) is 2. The molecule has 1 aromatic heterocycles. The van der Waals surface area contributed by atoms with Gasteiger partial charge in [-0.05, 0) is 23.6 Å². The van der Waals surface area contributed by atoms with Crippen LogP contribution in [0.15, 0.2) is 42.6 Å². The predicted octanol–water partition coefficient (Wildman–Crippen LogP) is 3.11. The van der Waals surface area contributed by atoms with Gasteiger partial charge >= 0.3 is 0 Å². The van der Waals surface area contributed by atoms with Gasteiger partial charge in [-0.3, -0.25) is 4.79 Å². The van der Waals surface area contributed by atoms with Crippen molar-refractivity contribution in [2.75, 3.05) is 18.0 Å². The lowest BCUT2D eigenvalue weighted by Gasteiger charge is -2.19. The van der Waals surface area contributed by atoms with E-state index in [0.717, 1.165) is 17.4 Å². The van der Waals surface area contributed by atoms with E-state index >= 15 is 0 Å². The van der Waals surface area contributed by atoms with E-state index in [1.54, 1.807) is 6.20 Å². The van der Waals surface area contributed by atoms with E-state index < -0.39 is 6.17 Å². The SMILES string of the molecule is O=Cc1c(-c2ccccc2)ccnc1N1CCC(F)C1. The van der Waals surface area contributed by atoms with Crippen LogP contribution >= 0.6 is 0 Å². The maximum absolute atomic E-state index is 13.4. The van der Waals surface area contributed by atoms with Crippen LogP contribution in [0, 0.1) is 0 Å². The number of aldehydes is 1. The van der Waals surface area contributed by atoms with Gasteiger partial charge < -0.3 is 4.90 Å². The number of hydrogen-bond acceptors (Lipinski definition) is 3. The summed E-state index contributed by atoms with van der Waals surface area (Å²) in [4.78, 5) is 17.6. The van der Waals surface area contributed by atoms with Crippen molar-refractivity contribution in [3.8, 4) is 11.1 Å². The minimum absolute atomic E-state index is 0.312. The predicted molar refractivity (Wildman–Crippen MR) is 76.8 cm³/mol. The third-order valence-corrected chi connectivity index (χ3v) is 3.60. The summed E-state index contributed by atoms with van der Waals surface area (Å²) < 4.78 is 13.4. The number of alkyl halides is 1. The molecule has 0 spiro atoms. The van der Waals surface area contributed by atoms with Crippen molar-refractivity contribution < 1.29 is 9.18 Å². The van der Waals surface area contributed by atoms with Crippen LogP contribution in [0.2, 0.25) is 0 Å². The van der Waals surface area contributed by atoms with E-state index in [-0.39, 0.29) is 0 Å². The molecule has 0 bridgehead atoms. The molecular weight excluding hydrogens is 255 g/mol. The van der Waals surface area contributed by atoms with Crippen molar-refractivity contribution in [2.45, 2.75) is 12.6 Å². The van der Waals surface area contributed by atoms with Gasteiger partial charge in [0.1, 0.15) is 12.0 Å². The van der Waals surface area contributed by atoms with Crippen molar-refractivity contribution in [1.82, 2.24) is 4.98 Å². The zero-order chi connectivity index (χ0) is 13.9. The lowest BCUT2D eigenvalue weighted by atomic mass is 10.0. The molecule has 0 radical (unpaired) electrons. The second-order valence-electron chi connectivity index (χ2n) is 4.91. The van der Waals surface area contributed by atoms with Gasteiger partial charge in [0, 0.05) is 12.7 Å². The number of anilines is 1. The fourth-order valence-electron chi connectivity index (χ4n) is 2.61. The van der Waals surface area contributed by atoms with Crippen molar-refractivity contribution in [3.05, 3.63) is 48.2 Å². The first-order chi connectivity index (χ1) is 9.79. The first kappa shape index (κ1) is 12.8. The van der Waals surface area contributed by atoms with Gasteiger partial charge in [-0.15, -0.1) is 0 Å². The van der Waals surface area contributed by atoms with Gasteiger partial charge in [-0.2, -0.15) is 0 Å². The Morgan fingerprint density at radius 1 is 1.25 bits per heavy atom. The molecule has 2 heterocycles. The van der Waals surface area contributed by atoms with Crippen LogP contribution in [-0.4, -0.2) is 30.5 Å². The summed E-state index contributed by atoms with van der Waals surface area (Å²) in [5.41, 5.74) is 2.34. The van der Waals surface area contributed by atoms with Crippen LogP contribution in [0.5, 0.6) is 0 Å². The van der Waals surface area contributed by atoms with Crippen LogP contribution in [0.1, 0.15) is 16.8 Å². The standard InChI is InChI=1S/C16H15FN2O/c17-13-7-9-19(10-13)16-15(11-20)14(6-8-18-16)12-4-2-1-3-5-12/h1-6,8,11,13H,7,9-10H2. The van der Waals surface area contributed by atoms with E-state index in [1.807, 2.05) is 41.3 Å². The van der Waals surface area contributed by atoms with Crippen LogP contribution in [0.25, 0.3) is 11.1 Å². The summed E-state index contributed by atoms with van der Waals surface area (Å²) in [6, 6.07) is 11.5. The Kier molecular flexibility index (Phi) is 3.46. The maximum atomic E-state index is 13.4. The number of benzene rings is 1. The second kappa shape index (κ2) is 5.41. The molecular formula is C16H15FN2O. The fraction of sp³-hybridized carbons (Fsp3) is 0.250. The molecule has 1 aliphatic heterocycles. The number of aromatic nitrogens is 1. The lowest BCUT2D eigenvalue weighted by Crippen LogP contribution is -2.22. The highest BCUT2D eigenvalue weighted by atomic mass is 19.1. The molecule has 102 valence electrons. The number of halogens is 1. The van der Waals surface area contributed by atoms with Gasteiger partial charge in [-0.1, -0.05) is 30.3 Å². The van der Waals surface area contributed by atoms with E-state index in [1.165, 1.54) is 0 Å². The summed E-state index contributed by atoms with van der Waals surface area (Å²) in [5, 5.41) is 0. The zero-order valence-corrected chi connectivity index (χ0v) is 11.0. The van der Waals surface area contributed by atoms with Gasteiger partial charge in [0.05, 0.1) is 12.1 Å².